The van der Waals surface area contributed by atoms with Gasteiger partial charge < -0.3 is 0 Å². The molecule has 0 bridgehead atoms. The Morgan fingerprint density at radius 3 is 2.57 bits per heavy atom. The van der Waals surface area contributed by atoms with Crippen molar-refractivity contribution in [3.8, 4) is 0 Å². The number of rotatable bonds is 5. The summed E-state index contributed by atoms with van der Waals surface area (Å²) in [5, 5.41) is 10.7. The van der Waals surface area contributed by atoms with Gasteiger partial charge in [-0.25, -0.2) is 12.8 Å². The van der Waals surface area contributed by atoms with E-state index >= 15 is 0 Å². The average molecular weight is 383 g/mol. The van der Waals surface area contributed by atoms with Gasteiger partial charge in [0.25, 0.3) is 15.7 Å². The molecule has 0 amide bonds. The summed E-state index contributed by atoms with van der Waals surface area (Å²) in [5.41, 5.74) is -0.537. The number of nitro groups is 1. The number of nitrogens with one attached hydrogen (secondary N) is 1. The second-order valence-corrected chi connectivity index (χ2v) is 7.08. The summed E-state index contributed by atoms with van der Waals surface area (Å²) < 4.78 is 37.6. The molecule has 21 heavy (non-hydrogen) atoms. The van der Waals surface area contributed by atoms with Crippen molar-refractivity contribution in [2.45, 2.75) is 36.7 Å². The Morgan fingerprint density at radius 1 is 1.38 bits per heavy atom. The normalized spacial score (nSPS) is 16.3. The first-order valence-electron chi connectivity index (χ1n) is 6.12. The number of non-ortho nitro benzene ring substituents is 1. The summed E-state index contributed by atoms with van der Waals surface area (Å²) in [4.78, 5) is 16.0. The van der Waals surface area contributed by atoms with Crippen molar-refractivity contribution < 1.29 is 22.6 Å². The third-order valence-electron chi connectivity index (χ3n) is 3.11. The van der Waals surface area contributed by atoms with Crippen LogP contribution < -0.4 is 4.89 Å². The summed E-state index contributed by atoms with van der Waals surface area (Å²) in [6, 6.07) is 1.55. The zero-order valence-electron chi connectivity index (χ0n) is 10.7. The lowest BCUT2D eigenvalue weighted by Gasteiger charge is -2.12. The molecule has 0 atom stereocenters. The predicted molar refractivity (Wildman–Crippen MR) is 74.4 cm³/mol. The molecule has 0 spiro atoms. The van der Waals surface area contributed by atoms with Crippen LogP contribution in [0.5, 0.6) is 0 Å². The van der Waals surface area contributed by atoms with E-state index in [4.69, 9.17) is 4.84 Å². The number of sulfonamides is 1. The van der Waals surface area contributed by atoms with E-state index in [1.165, 1.54) is 0 Å². The molecule has 1 aromatic rings. The van der Waals surface area contributed by atoms with Crippen LogP contribution in [0.25, 0.3) is 0 Å². The van der Waals surface area contributed by atoms with Crippen molar-refractivity contribution in [2.24, 2.45) is 0 Å². The minimum atomic E-state index is -4.34. The molecular formula is C11H12BrFN2O5S. The number of hydrogen-bond donors (Lipinski definition) is 1. The lowest BCUT2D eigenvalue weighted by molar-refractivity contribution is -0.385. The standard InChI is InChI=1S/C11H12BrFN2O5S/c12-9-5-7(15(16)17)6-10(11(9)13)21(18,19)14-20-8-3-1-2-4-8/h5-6,8,14H,1-4H2. The van der Waals surface area contributed by atoms with Crippen molar-refractivity contribution in [2.75, 3.05) is 0 Å². The first-order valence-corrected chi connectivity index (χ1v) is 8.40. The molecule has 1 N–H and O–H groups in total. The van der Waals surface area contributed by atoms with Gasteiger partial charge in [0.1, 0.15) is 4.90 Å². The molecule has 1 fully saturated rings. The van der Waals surface area contributed by atoms with Gasteiger partial charge in [0.15, 0.2) is 5.82 Å². The molecule has 1 aliphatic rings. The van der Waals surface area contributed by atoms with Crippen LogP contribution >= 0.6 is 15.9 Å². The maximum absolute atomic E-state index is 13.9. The van der Waals surface area contributed by atoms with Gasteiger partial charge in [0.2, 0.25) is 0 Å². The highest BCUT2D eigenvalue weighted by atomic mass is 79.9. The van der Waals surface area contributed by atoms with Crippen molar-refractivity contribution in [1.29, 1.82) is 0 Å². The van der Waals surface area contributed by atoms with Crippen LogP contribution in [-0.4, -0.2) is 19.4 Å². The smallest absolute Gasteiger partial charge is 0.272 e. The van der Waals surface area contributed by atoms with E-state index < -0.39 is 31.3 Å². The second kappa shape index (κ2) is 6.34. The number of nitrogens with zero attached hydrogens (tertiary/aromatic N) is 1. The first kappa shape index (κ1) is 16.3. The van der Waals surface area contributed by atoms with Gasteiger partial charge in [0, 0.05) is 12.1 Å². The largest absolute Gasteiger partial charge is 0.284 e. The Bertz CT molecular complexity index is 661. The maximum Gasteiger partial charge on any atom is 0.272 e. The minimum Gasteiger partial charge on any atom is -0.284 e. The number of benzene rings is 1. The molecule has 1 aromatic carbocycles. The highest BCUT2D eigenvalue weighted by Crippen LogP contribution is 2.29. The van der Waals surface area contributed by atoms with Crippen molar-refractivity contribution in [1.82, 2.24) is 4.89 Å². The summed E-state index contributed by atoms with van der Waals surface area (Å²) in [5.74, 6) is -1.11. The summed E-state index contributed by atoms with van der Waals surface area (Å²) in [6.07, 6.45) is 3.03. The molecule has 1 saturated carbocycles. The van der Waals surface area contributed by atoms with Gasteiger partial charge in [-0.1, -0.05) is 17.7 Å². The van der Waals surface area contributed by atoms with E-state index in [2.05, 4.69) is 15.9 Å². The van der Waals surface area contributed by atoms with E-state index in [1.54, 1.807) is 0 Å². The quantitative estimate of drug-likeness (QED) is 0.623. The molecule has 7 nitrogen and oxygen atoms in total. The molecule has 0 saturated heterocycles. The Kier molecular flexibility index (Phi) is 4.91. The Balaban J connectivity index is 2.27. The molecule has 0 heterocycles. The van der Waals surface area contributed by atoms with Crippen LogP contribution in [0, 0.1) is 15.9 Å². The summed E-state index contributed by atoms with van der Waals surface area (Å²) in [7, 11) is -4.34. The predicted octanol–water partition coefficient (Wildman–Crippen LogP) is 2.65. The monoisotopic (exact) mass is 382 g/mol. The number of halogens is 2. The third-order valence-corrected chi connectivity index (χ3v) is 4.88. The summed E-state index contributed by atoms with van der Waals surface area (Å²) >= 11 is 2.76. The molecule has 0 aliphatic heterocycles. The lowest BCUT2D eigenvalue weighted by Crippen LogP contribution is -2.29. The zero-order chi connectivity index (χ0) is 15.6. The fourth-order valence-electron chi connectivity index (χ4n) is 2.03. The molecule has 10 heteroatoms. The van der Waals surface area contributed by atoms with Crippen LogP contribution in [0.1, 0.15) is 25.7 Å². The SMILES string of the molecule is O=[N+]([O-])c1cc(Br)c(F)c(S(=O)(=O)NOC2CCCC2)c1. The van der Waals surface area contributed by atoms with Crippen molar-refractivity contribution in [3.05, 3.63) is 32.5 Å². The van der Waals surface area contributed by atoms with Crippen LogP contribution in [-0.2, 0) is 14.9 Å². The fourth-order valence-corrected chi connectivity index (χ4v) is 3.59. The van der Waals surface area contributed by atoms with Crippen LogP contribution in [0.2, 0.25) is 0 Å². The number of nitro benzene ring substituents is 1. The van der Waals surface area contributed by atoms with E-state index in [0.717, 1.165) is 18.9 Å². The Morgan fingerprint density at radius 2 is 2.00 bits per heavy atom. The molecule has 0 unspecified atom stereocenters. The van der Waals surface area contributed by atoms with Gasteiger partial charge in [-0.2, -0.15) is 0 Å². The van der Waals surface area contributed by atoms with Crippen molar-refractivity contribution in [3.63, 3.8) is 0 Å². The average Bonchev–Trinajstić information content (AvgIpc) is 2.92. The van der Waals surface area contributed by atoms with E-state index in [9.17, 15) is 22.9 Å². The lowest BCUT2D eigenvalue weighted by atomic mass is 10.3. The van der Waals surface area contributed by atoms with Gasteiger partial charge in [-0.3, -0.25) is 15.0 Å². The van der Waals surface area contributed by atoms with Crippen LogP contribution in [0.3, 0.4) is 0 Å². The number of hydrogen-bond acceptors (Lipinski definition) is 5. The minimum absolute atomic E-state index is 0.259. The molecule has 0 aromatic heterocycles. The Labute approximate surface area is 128 Å². The van der Waals surface area contributed by atoms with Gasteiger partial charge >= 0.3 is 0 Å². The molecule has 116 valence electrons. The fraction of sp³-hybridized carbons (Fsp3) is 0.455. The first-order chi connectivity index (χ1) is 9.81. The zero-order valence-corrected chi connectivity index (χ0v) is 13.1. The molecular weight excluding hydrogens is 371 g/mol. The maximum atomic E-state index is 13.9. The Hall–Kier alpha value is -1.10. The summed E-state index contributed by atoms with van der Waals surface area (Å²) in [6.45, 7) is 0. The van der Waals surface area contributed by atoms with E-state index in [0.29, 0.717) is 18.9 Å². The topological polar surface area (TPSA) is 98.5 Å². The van der Waals surface area contributed by atoms with Crippen molar-refractivity contribution >= 4 is 31.6 Å². The van der Waals surface area contributed by atoms with E-state index in [-0.39, 0.29) is 10.6 Å². The second-order valence-electron chi connectivity index (χ2n) is 4.61. The molecule has 1 aliphatic carbocycles. The molecule has 0 radical (unpaired) electrons. The van der Waals surface area contributed by atoms with Gasteiger partial charge in [-0.05, 0) is 28.8 Å². The third kappa shape index (κ3) is 3.76. The van der Waals surface area contributed by atoms with E-state index in [1.807, 2.05) is 4.89 Å². The van der Waals surface area contributed by atoms with Crippen LogP contribution in [0.4, 0.5) is 10.1 Å². The highest BCUT2D eigenvalue weighted by molar-refractivity contribution is 9.10. The molecule has 2 rings (SSSR count). The van der Waals surface area contributed by atoms with Gasteiger partial charge in [0.05, 0.1) is 15.5 Å². The van der Waals surface area contributed by atoms with Crippen LogP contribution in [0.15, 0.2) is 21.5 Å². The highest BCUT2D eigenvalue weighted by Gasteiger charge is 2.27. The van der Waals surface area contributed by atoms with Gasteiger partial charge in [-0.15, -0.1) is 0 Å².